The number of nitrogens with zero attached hydrogens (tertiary/aromatic N) is 1. The first-order valence-electron chi connectivity index (χ1n) is 6.38. The van der Waals surface area contributed by atoms with Gasteiger partial charge in [-0.15, -0.1) is 0 Å². The molecule has 0 spiro atoms. The van der Waals surface area contributed by atoms with E-state index in [0.29, 0.717) is 11.5 Å². The summed E-state index contributed by atoms with van der Waals surface area (Å²) in [6.45, 7) is 1.73. The Bertz CT molecular complexity index is 620. The molecule has 0 unspecified atom stereocenters. The Hall–Kier alpha value is -2.20. The normalized spacial score (nSPS) is 13.9. The van der Waals surface area contributed by atoms with Crippen LogP contribution in [0.1, 0.15) is 22.3 Å². The highest BCUT2D eigenvalue weighted by molar-refractivity contribution is 6.14. The number of benzene rings is 1. The van der Waals surface area contributed by atoms with Crippen LogP contribution < -0.4 is 11.1 Å². The molecule has 96 valence electrons. The number of rotatable bonds is 2. The fourth-order valence-electron chi connectivity index (χ4n) is 2.51. The molecular formula is C15H16N4. The summed E-state index contributed by atoms with van der Waals surface area (Å²) in [7, 11) is 0. The standard InChI is InChI=1S/C15H16N4/c16-14(10-4-2-1-3-5-10)13-12-6-7-18-8-11(12)9-19-15(13)17/h1-5,9,16,18H,6-8H2,(H2,17,19). The minimum Gasteiger partial charge on any atom is -0.383 e. The van der Waals surface area contributed by atoms with Gasteiger partial charge in [-0.2, -0.15) is 0 Å². The molecule has 4 nitrogen and oxygen atoms in total. The molecule has 3 rings (SSSR count). The first-order valence-corrected chi connectivity index (χ1v) is 6.38. The van der Waals surface area contributed by atoms with Crippen LogP contribution in [0, 0.1) is 5.41 Å². The third kappa shape index (κ3) is 2.11. The van der Waals surface area contributed by atoms with Crippen LogP contribution in [0.3, 0.4) is 0 Å². The first-order chi connectivity index (χ1) is 9.27. The number of nitrogens with one attached hydrogen (secondary N) is 2. The molecule has 4 heteroatoms. The zero-order valence-corrected chi connectivity index (χ0v) is 10.6. The summed E-state index contributed by atoms with van der Waals surface area (Å²) in [4.78, 5) is 4.24. The van der Waals surface area contributed by atoms with Crippen molar-refractivity contribution < 1.29 is 0 Å². The molecular weight excluding hydrogens is 236 g/mol. The second-order valence-corrected chi connectivity index (χ2v) is 4.69. The van der Waals surface area contributed by atoms with Crippen molar-refractivity contribution in [2.24, 2.45) is 0 Å². The Balaban J connectivity index is 2.12. The van der Waals surface area contributed by atoms with Crippen LogP contribution in [0.15, 0.2) is 36.5 Å². The van der Waals surface area contributed by atoms with E-state index in [-0.39, 0.29) is 0 Å². The number of pyridine rings is 1. The summed E-state index contributed by atoms with van der Waals surface area (Å²) in [6, 6.07) is 9.68. The molecule has 0 aliphatic carbocycles. The Morgan fingerprint density at radius 2 is 2.05 bits per heavy atom. The van der Waals surface area contributed by atoms with Gasteiger partial charge in [0.25, 0.3) is 0 Å². The molecule has 1 aliphatic rings. The van der Waals surface area contributed by atoms with E-state index >= 15 is 0 Å². The van der Waals surface area contributed by atoms with Gasteiger partial charge in [0.2, 0.25) is 0 Å². The van der Waals surface area contributed by atoms with Gasteiger partial charge in [-0.3, -0.25) is 5.41 Å². The highest BCUT2D eigenvalue weighted by Crippen LogP contribution is 2.24. The van der Waals surface area contributed by atoms with Gasteiger partial charge >= 0.3 is 0 Å². The lowest BCUT2D eigenvalue weighted by Gasteiger charge is -2.21. The molecule has 0 atom stereocenters. The summed E-state index contributed by atoms with van der Waals surface area (Å²) < 4.78 is 0. The van der Waals surface area contributed by atoms with Crippen molar-refractivity contribution in [3.8, 4) is 0 Å². The first kappa shape index (κ1) is 11.9. The number of hydrogen-bond acceptors (Lipinski definition) is 4. The second-order valence-electron chi connectivity index (χ2n) is 4.69. The molecule has 0 saturated heterocycles. The van der Waals surface area contributed by atoms with Crippen molar-refractivity contribution in [2.45, 2.75) is 13.0 Å². The lowest BCUT2D eigenvalue weighted by molar-refractivity contribution is 0.640. The van der Waals surface area contributed by atoms with E-state index in [0.717, 1.165) is 36.2 Å². The highest BCUT2D eigenvalue weighted by Gasteiger charge is 2.19. The largest absolute Gasteiger partial charge is 0.383 e. The van der Waals surface area contributed by atoms with Gasteiger partial charge in [0.15, 0.2) is 0 Å². The zero-order chi connectivity index (χ0) is 13.2. The lowest BCUT2D eigenvalue weighted by Crippen LogP contribution is -2.26. The molecule has 0 radical (unpaired) electrons. The molecule has 4 N–H and O–H groups in total. The summed E-state index contributed by atoms with van der Waals surface area (Å²) in [6.07, 6.45) is 2.71. The number of aromatic nitrogens is 1. The number of nitrogen functional groups attached to an aromatic ring is 1. The predicted octanol–water partition coefficient (Wildman–Crippen LogP) is 1.73. The molecule has 1 aliphatic heterocycles. The zero-order valence-electron chi connectivity index (χ0n) is 10.6. The van der Waals surface area contributed by atoms with E-state index in [2.05, 4.69) is 10.3 Å². The molecule has 0 saturated carbocycles. The molecule has 1 aromatic carbocycles. The maximum atomic E-state index is 8.41. The maximum absolute atomic E-state index is 8.41. The third-order valence-corrected chi connectivity index (χ3v) is 3.48. The van der Waals surface area contributed by atoms with E-state index in [1.165, 1.54) is 5.56 Å². The Morgan fingerprint density at radius 3 is 2.84 bits per heavy atom. The molecule has 2 aromatic rings. The molecule has 0 bridgehead atoms. The van der Waals surface area contributed by atoms with Crippen molar-refractivity contribution in [2.75, 3.05) is 12.3 Å². The smallest absolute Gasteiger partial charge is 0.133 e. The topological polar surface area (TPSA) is 74.8 Å². The number of nitrogens with two attached hydrogens (primary N) is 1. The van der Waals surface area contributed by atoms with Crippen LogP contribution in [0.25, 0.3) is 0 Å². The molecule has 0 fully saturated rings. The average Bonchev–Trinajstić information content (AvgIpc) is 2.47. The molecule has 2 heterocycles. The van der Waals surface area contributed by atoms with Crippen LogP contribution in [0.2, 0.25) is 0 Å². The summed E-state index contributed by atoms with van der Waals surface area (Å²) in [5.41, 5.74) is 10.5. The minimum atomic E-state index is 0.453. The minimum absolute atomic E-state index is 0.453. The Morgan fingerprint density at radius 1 is 1.26 bits per heavy atom. The van der Waals surface area contributed by atoms with Crippen molar-refractivity contribution >= 4 is 11.5 Å². The Kier molecular flexibility index (Phi) is 3.01. The van der Waals surface area contributed by atoms with Crippen molar-refractivity contribution in [3.63, 3.8) is 0 Å². The van der Waals surface area contributed by atoms with Crippen LogP contribution in [-0.4, -0.2) is 17.2 Å². The molecule has 1 aromatic heterocycles. The summed E-state index contributed by atoms with van der Waals surface area (Å²) in [5.74, 6) is 0.453. The van der Waals surface area contributed by atoms with Gasteiger partial charge in [0.05, 0.1) is 5.71 Å². The van der Waals surface area contributed by atoms with Crippen LogP contribution >= 0.6 is 0 Å². The van der Waals surface area contributed by atoms with Gasteiger partial charge in [0.1, 0.15) is 5.82 Å². The fraction of sp³-hybridized carbons (Fsp3) is 0.200. The van der Waals surface area contributed by atoms with Gasteiger partial charge in [-0.1, -0.05) is 30.3 Å². The SMILES string of the molecule is N=C(c1ccccc1)c1c(N)ncc2c1CCNC2. The lowest BCUT2D eigenvalue weighted by atomic mass is 9.92. The van der Waals surface area contributed by atoms with E-state index in [1.807, 2.05) is 36.5 Å². The number of fused-ring (bicyclic) bond motifs is 1. The highest BCUT2D eigenvalue weighted by atomic mass is 14.9. The van der Waals surface area contributed by atoms with Gasteiger partial charge < -0.3 is 11.1 Å². The quantitative estimate of drug-likeness (QED) is 0.712. The van der Waals surface area contributed by atoms with E-state index in [1.54, 1.807) is 0 Å². The number of anilines is 1. The third-order valence-electron chi connectivity index (χ3n) is 3.48. The number of hydrogen-bond donors (Lipinski definition) is 3. The van der Waals surface area contributed by atoms with Crippen molar-refractivity contribution in [3.05, 3.63) is 58.8 Å². The second kappa shape index (κ2) is 4.82. The maximum Gasteiger partial charge on any atom is 0.133 e. The van der Waals surface area contributed by atoms with Crippen molar-refractivity contribution in [1.82, 2.24) is 10.3 Å². The average molecular weight is 252 g/mol. The van der Waals surface area contributed by atoms with Gasteiger partial charge in [-0.05, 0) is 24.1 Å². The van der Waals surface area contributed by atoms with E-state index < -0.39 is 0 Å². The van der Waals surface area contributed by atoms with Gasteiger partial charge in [-0.25, -0.2) is 4.98 Å². The fourth-order valence-corrected chi connectivity index (χ4v) is 2.51. The predicted molar refractivity (Wildman–Crippen MR) is 76.4 cm³/mol. The van der Waals surface area contributed by atoms with Gasteiger partial charge in [0, 0.05) is 23.9 Å². The van der Waals surface area contributed by atoms with Crippen LogP contribution in [-0.2, 0) is 13.0 Å². The molecule has 19 heavy (non-hydrogen) atoms. The summed E-state index contributed by atoms with van der Waals surface area (Å²) in [5, 5.41) is 11.7. The monoisotopic (exact) mass is 252 g/mol. The van der Waals surface area contributed by atoms with Crippen molar-refractivity contribution in [1.29, 1.82) is 5.41 Å². The summed E-state index contributed by atoms with van der Waals surface area (Å²) >= 11 is 0. The van der Waals surface area contributed by atoms with Crippen LogP contribution in [0.4, 0.5) is 5.82 Å². The van der Waals surface area contributed by atoms with Crippen LogP contribution in [0.5, 0.6) is 0 Å². The van der Waals surface area contributed by atoms with E-state index in [4.69, 9.17) is 11.1 Å². The molecule has 0 amide bonds. The van der Waals surface area contributed by atoms with E-state index in [9.17, 15) is 0 Å². The Labute approximate surface area is 112 Å².